The van der Waals surface area contributed by atoms with Gasteiger partial charge in [0.25, 0.3) is 5.91 Å². The van der Waals surface area contributed by atoms with Crippen molar-refractivity contribution >= 4 is 11.8 Å². The molecule has 1 heterocycles. The fraction of sp³-hybridized carbons (Fsp3) is 0.583. The first-order valence-corrected chi connectivity index (χ1v) is 6.08. The summed E-state index contributed by atoms with van der Waals surface area (Å²) in [5.74, 6) is -0.341. The Morgan fingerprint density at radius 1 is 1.28 bits per heavy atom. The standard InChI is InChI=1S/C12H20N4O2/c1-5-16(6-2)10(17)7-13-12(18)11-8(3)14-15-9(11)4/h5-7H2,1-4H3,(H,13,18)(H,14,15). The number of nitrogens with zero attached hydrogens (tertiary/aromatic N) is 2. The fourth-order valence-corrected chi connectivity index (χ4v) is 1.82. The minimum Gasteiger partial charge on any atom is -0.343 e. The largest absolute Gasteiger partial charge is 0.343 e. The molecular weight excluding hydrogens is 232 g/mol. The number of amides is 2. The zero-order valence-corrected chi connectivity index (χ0v) is 11.3. The number of likely N-dealkylation sites (N-methyl/N-ethyl adjacent to an activating group) is 1. The summed E-state index contributed by atoms with van der Waals surface area (Å²) in [6.45, 7) is 8.67. The van der Waals surface area contributed by atoms with Crippen LogP contribution in [0.25, 0.3) is 0 Å². The molecule has 0 radical (unpaired) electrons. The van der Waals surface area contributed by atoms with Crippen LogP contribution in [0.4, 0.5) is 0 Å². The topological polar surface area (TPSA) is 78.1 Å². The normalized spacial score (nSPS) is 10.2. The molecule has 0 aromatic carbocycles. The number of hydrogen-bond donors (Lipinski definition) is 2. The molecule has 2 amide bonds. The van der Waals surface area contributed by atoms with Gasteiger partial charge in [-0.3, -0.25) is 14.7 Å². The Labute approximate surface area is 107 Å². The Morgan fingerprint density at radius 3 is 2.33 bits per heavy atom. The smallest absolute Gasteiger partial charge is 0.255 e. The third-order valence-electron chi connectivity index (χ3n) is 2.87. The number of carbonyl (C=O) groups excluding carboxylic acids is 2. The van der Waals surface area contributed by atoms with Crippen molar-refractivity contribution in [2.75, 3.05) is 19.6 Å². The molecule has 0 saturated heterocycles. The number of rotatable bonds is 5. The minimum absolute atomic E-state index is 0.0184. The monoisotopic (exact) mass is 252 g/mol. The highest BCUT2D eigenvalue weighted by Gasteiger charge is 2.17. The molecular formula is C12H20N4O2. The molecule has 1 aromatic heterocycles. The van der Waals surface area contributed by atoms with Gasteiger partial charge in [0, 0.05) is 18.8 Å². The van der Waals surface area contributed by atoms with Crippen LogP contribution in [-0.2, 0) is 4.79 Å². The second-order valence-corrected chi connectivity index (χ2v) is 4.06. The number of aromatic amines is 1. The van der Waals surface area contributed by atoms with Crippen LogP contribution < -0.4 is 5.32 Å². The van der Waals surface area contributed by atoms with E-state index in [9.17, 15) is 9.59 Å². The van der Waals surface area contributed by atoms with Crippen LogP contribution in [0, 0.1) is 13.8 Å². The van der Waals surface area contributed by atoms with Gasteiger partial charge in [0.05, 0.1) is 17.8 Å². The summed E-state index contributed by atoms with van der Waals surface area (Å²) in [7, 11) is 0. The van der Waals surface area contributed by atoms with Gasteiger partial charge in [-0.25, -0.2) is 0 Å². The van der Waals surface area contributed by atoms with Crippen molar-refractivity contribution in [1.82, 2.24) is 20.4 Å². The van der Waals surface area contributed by atoms with Gasteiger partial charge >= 0.3 is 0 Å². The number of aryl methyl sites for hydroxylation is 2. The number of carbonyl (C=O) groups is 2. The molecule has 6 nitrogen and oxygen atoms in total. The molecule has 18 heavy (non-hydrogen) atoms. The minimum atomic E-state index is -0.265. The maximum atomic E-state index is 11.9. The molecule has 0 spiro atoms. The number of H-pyrrole nitrogens is 1. The zero-order chi connectivity index (χ0) is 13.7. The maximum Gasteiger partial charge on any atom is 0.255 e. The highest BCUT2D eigenvalue weighted by atomic mass is 16.2. The van der Waals surface area contributed by atoms with Crippen LogP contribution in [0.1, 0.15) is 35.6 Å². The lowest BCUT2D eigenvalue weighted by Crippen LogP contribution is -2.40. The average molecular weight is 252 g/mol. The van der Waals surface area contributed by atoms with Crippen molar-refractivity contribution < 1.29 is 9.59 Å². The summed E-state index contributed by atoms with van der Waals surface area (Å²) in [5.41, 5.74) is 1.86. The van der Waals surface area contributed by atoms with E-state index in [0.717, 1.165) is 0 Å². The number of aromatic nitrogens is 2. The summed E-state index contributed by atoms with van der Waals surface area (Å²) in [5, 5.41) is 9.32. The molecule has 0 aliphatic carbocycles. The van der Waals surface area contributed by atoms with Gasteiger partial charge < -0.3 is 10.2 Å². The van der Waals surface area contributed by atoms with Gasteiger partial charge in [0.15, 0.2) is 0 Å². The molecule has 6 heteroatoms. The molecule has 0 aliphatic rings. The van der Waals surface area contributed by atoms with E-state index >= 15 is 0 Å². The molecule has 1 aromatic rings. The Hall–Kier alpha value is -1.85. The van der Waals surface area contributed by atoms with Gasteiger partial charge in [-0.05, 0) is 27.7 Å². The van der Waals surface area contributed by atoms with Crippen molar-refractivity contribution in [3.63, 3.8) is 0 Å². The first kappa shape index (κ1) is 14.2. The van der Waals surface area contributed by atoms with Gasteiger partial charge in [-0.15, -0.1) is 0 Å². The zero-order valence-electron chi connectivity index (χ0n) is 11.3. The molecule has 0 unspecified atom stereocenters. The van der Waals surface area contributed by atoms with Gasteiger partial charge in [-0.1, -0.05) is 0 Å². The Bertz CT molecular complexity index is 416. The number of nitrogens with one attached hydrogen (secondary N) is 2. The first-order valence-electron chi connectivity index (χ1n) is 6.08. The quantitative estimate of drug-likeness (QED) is 0.806. The highest BCUT2D eigenvalue weighted by molar-refractivity contribution is 5.98. The van der Waals surface area contributed by atoms with E-state index in [-0.39, 0.29) is 18.4 Å². The van der Waals surface area contributed by atoms with Gasteiger partial charge in [0.1, 0.15) is 0 Å². The van der Waals surface area contributed by atoms with E-state index in [4.69, 9.17) is 0 Å². The molecule has 1 rings (SSSR count). The van der Waals surface area contributed by atoms with Crippen LogP contribution in [0.3, 0.4) is 0 Å². The van der Waals surface area contributed by atoms with E-state index in [1.807, 2.05) is 13.8 Å². The molecule has 0 atom stereocenters. The summed E-state index contributed by atoms with van der Waals surface area (Å²) in [6.07, 6.45) is 0. The van der Waals surface area contributed by atoms with Crippen LogP contribution in [0.5, 0.6) is 0 Å². The predicted octanol–water partition coefficient (Wildman–Crippen LogP) is 0.625. The van der Waals surface area contributed by atoms with Crippen molar-refractivity contribution in [2.24, 2.45) is 0 Å². The predicted molar refractivity (Wildman–Crippen MR) is 68.3 cm³/mol. The molecule has 0 bridgehead atoms. The van der Waals surface area contributed by atoms with Gasteiger partial charge in [-0.2, -0.15) is 5.10 Å². The van der Waals surface area contributed by atoms with Crippen molar-refractivity contribution in [1.29, 1.82) is 0 Å². The lowest BCUT2D eigenvalue weighted by atomic mass is 10.2. The van der Waals surface area contributed by atoms with E-state index < -0.39 is 0 Å². The molecule has 0 fully saturated rings. The number of hydrogen-bond acceptors (Lipinski definition) is 3. The second kappa shape index (κ2) is 6.18. The second-order valence-electron chi connectivity index (χ2n) is 4.06. The summed E-state index contributed by atoms with van der Waals surface area (Å²) in [4.78, 5) is 25.3. The summed E-state index contributed by atoms with van der Waals surface area (Å²) in [6, 6.07) is 0. The Morgan fingerprint density at radius 2 is 1.89 bits per heavy atom. The van der Waals surface area contributed by atoms with Crippen LogP contribution >= 0.6 is 0 Å². The molecule has 0 saturated carbocycles. The van der Waals surface area contributed by atoms with Crippen molar-refractivity contribution in [3.8, 4) is 0 Å². The van der Waals surface area contributed by atoms with E-state index in [2.05, 4.69) is 15.5 Å². The third-order valence-corrected chi connectivity index (χ3v) is 2.87. The highest BCUT2D eigenvalue weighted by Crippen LogP contribution is 2.08. The lowest BCUT2D eigenvalue weighted by molar-refractivity contribution is -0.129. The SMILES string of the molecule is CCN(CC)C(=O)CNC(=O)c1c(C)n[nH]c1C. The third kappa shape index (κ3) is 3.09. The Balaban J connectivity index is 2.59. The molecule has 0 aliphatic heterocycles. The van der Waals surface area contributed by atoms with Crippen molar-refractivity contribution in [3.05, 3.63) is 17.0 Å². The van der Waals surface area contributed by atoms with E-state index in [1.54, 1.807) is 18.7 Å². The lowest BCUT2D eigenvalue weighted by Gasteiger charge is -2.18. The fourth-order valence-electron chi connectivity index (χ4n) is 1.82. The summed E-state index contributed by atoms with van der Waals surface area (Å²) < 4.78 is 0. The summed E-state index contributed by atoms with van der Waals surface area (Å²) >= 11 is 0. The van der Waals surface area contributed by atoms with Crippen LogP contribution in [0.15, 0.2) is 0 Å². The van der Waals surface area contributed by atoms with E-state index in [0.29, 0.717) is 30.0 Å². The molecule has 2 N–H and O–H groups in total. The van der Waals surface area contributed by atoms with E-state index in [1.165, 1.54) is 0 Å². The maximum absolute atomic E-state index is 11.9. The first-order chi connectivity index (χ1) is 8.51. The Kier molecular flexibility index (Phi) is 4.88. The average Bonchev–Trinajstić information content (AvgIpc) is 2.67. The van der Waals surface area contributed by atoms with Crippen LogP contribution in [0.2, 0.25) is 0 Å². The van der Waals surface area contributed by atoms with Crippen molar-refractivity contribution in [2.45, 2.75) is 27.7 Å². The molecule has 100 valence electrons. The van der Waals surface area contributed by atoms with Gasteiger partial charge in [0.2, 0.25) is 5.91 Å². The van der Waals surface area contributed by atoms with Crippen LogP contribution in [-0.4, -0.2) is 46.5 Å².